The summed E-state index contributed by atoms with van der Waals surface area (Å²) in [5.41, 5.74) is -2.41. The van der Waals surface area contributed by atoms with Gasteiger partial charge in [0, 0.05) is 6.54 Å². The van der Waals surface area contributed by atoms with Gasteiger partial charge in [-0.15, -0.1) is 0 Å². The maximum atomic E-state index is 13.2. The molecule has 0 aliphatic rings. The molecule has 0 fully saturated rings. The van der Waals surface area contributed by atoms with E-state index in [0.29, 0.717) is 18.9 Å². The Morgan fingerprint density at radius 1 is 1.33 bits per heavy atom. The van der Waals surface area contributed by atoms with Crippen LogP contribution < -0.4 is 5.32 Å². The normalized spacial score (nSPS) is 14.8. The molecule has 21 heavy (non-hydrogen) atoms. The van der Waals surface area contributed by atoms with Crippen molar-refractivity contribution in [3.8, 4) is 0 Å². The van der Waals surface area contributed by atoms with Gasteiger partial charge in [-0.1, -0.05) is 19.4 Å². The van der Waals surface area contributed by atoms with Crippen molar-refractivity contribution >= 4 is 5.97 Å². The molecule has 1 aromatic rings. The molecule has 0 spiro atoms. The maximum absolute atomic E-state index is 13.2. The second-order valence-electron chi connectivity index (χ2n) is 5.05. The Morgan fingerprint density at radius 3 is 2.43 bits per heavy atom. The van der Waals surface area contributed by atoms with Crippen molar-refractivity contribution in [2.45, 2.75) is 44.9 Å². The van der Waals surface area contributed by atoms with Crippen molar-refractivity contribution in [2.24, 2.45) is 0 Å². The van der Waals surface area contributed by atoms with Crippen molar-refractivity contribution in [1.29, 1.82) is 0 Å². The zero-order chi connectivity index (χ0) is 16.3. The lowest BCUT2D eigenvalue weighted by molar-refractivity contribution is -0.144. The Labute approximate surface area is 120 Å². The summed E-state index contributed by atoms with van der Waals surface area (Å²) in [5.74, 6) is -2.43. The van der Waals surface area contributed by atoms with Crippen LogP contribution in [0.15, 0.2) is 18.2 Å². The number of carboxylic acids is 1. The number of rotatable bonds is 6. The maximum Gasteiger partial charge on any atom is 0.419 e. The first-order valence-corrected chi connectivity index (χ1v) is 6.44. The van der Waals surface area contributed by atoms with E-state index < -0.39 is 29.1 Å². The summed E-state index contributed by atoms with van der Waals surface area (Å²) in [6.45, 7) is 3.18. The number of hydrogen-bond acceptors (Lipinski definition) is 2. The lowest BCUT2D eigenvalue weighted by Crippen LogP contribution is -2.48. The van der Waals surface area contributed by atoms with Gasteiger partial charge < -0.3 is 5.11 Å². The molecule has 0 saturated heterocycles. The molecule has 0 amide bonds. The Balaban J connectivity index is 2.92. The molecular formula is C14H17F4NO2. The van der Waals surface area contributed by atoms with Gasteiger partial charge in [0.2, 0.25) is 0 Å². The zero-order valence-electron chi connectivity index (χ0n) is 11.7. The standard InChI is InChI=1S/C14H17F4NO2/c1-3-6-13(2,12(20)21)19-8-9-4-5-11(15)10(7-9)14(16,17)18/h4-5,7,19H,3,6,8H2,1-2H3,(H,20,21). The SMILES string of the molecule is CCCC(C)(NCc1ccc(F)c(C(F)(F)F)c1)C(=O)O. The van der Waals surface area contributed by atoms with Crippen LogP contribution in [0.4, 0.5) is 17.6 Å². The third kappa shape index (κ3) is 4.42. The summed E-state index contributed by atoms with van der Waals surface area (Å²) >= 11 is 0. The fourth-order valence-electron chi connectivity index (χ4n) is 1.97. The Kier molecular flexibility index (Phi) is 5.33. The van der Waals surface area contributed by atoms with Gasteiger partial charge in [-0.25, -0.2) is 4.39 Å². The van der Waals surface area contributed by atoms with Gasteiger partial charge in [-0.3, -0.25) is 10.1 Å². The Bertz CT molecular complexity index is 516. The lowest BCUT2D eigenvalue weighted by atomic mass is 9.96. The third-order valence-electron chi connectivity index (χ3n) is 3.24. The fraction of sp³-hybridized carbons (Fsp3) is 0.500. The molecule has 1 atom stereocenters. The molecule has 0 aliphatic carbocycles. The summed E-state index contributed by atoms with van der Waals surface area (Å²) in [4.78, 5) is 11.2. The highest BCUT2D eigenvalue weighted by Crippen LogP contribution is 2.32. The Morgan fingerprint density at radius 2 is 1.95 bits per heavy atom. The van der Waals surface area contributed by atoms with Crippen LogP contribution in [-0.4, -0.2) is 16.6 Å². The van der Waals surface area contributed by atoms with E-state index in [1.54, 1.807) is 0 Å². The number of nitrogens with one attached hydrogen (secondary N) is 1. The summed E-state index contributed by atoms with van der Waals surface area (Å²) in [6, 6.07) is 2.63. The molecule has 0 radical (unpaired) electrons. The average Bonchev–Trinajstić information content (AvgIpc) is 2.36. The van der Waals surface area contributed by atoms with Gasteiger partial charge in [0.25, 0.3) is 0 Å². The van der Waals surface area contributed by atoms with E-state index >= 15 is 0 Å². The van der Waals surface area contributed by atoms with Gasteiger partial charge in [0.15, 0.2) is 0 Å². The predicted octanol–water partition coefficient (Wildman–Crippen LogP) is 3.58. The first kappa shape index (κ1) is 17.4. The van der Waals surface area contributed by atoms with Crippen LogP contribution >= 0.6 is 0 Å². The zero-order valence-corrected chi connectivity index (χ0v) is 11.7. The summed E-state index contributed by atoms with van der Waals surface area (Å²) < 4.78 is 50.9. The smallest absolute Gasteiger partial charge is 0.419 e. The lowest BCUT2D eigenvalue weighted by Gasteiger charge is -2.26. The highest BCUT2D eigenvalue weighted by Gasteiger charge is 2.35. The molecule has 0 aliphatic heterocycles. The molecular weight excluding hydrogens is 290 g/mol. The summed E-state index contributed by atoms with van der Waals surface area (Å²) in [5, 5.41) is 11.9. The van der Waals surface area contributed by atoms with Crippen molar-refractivity contribution in [3.63, 3.8) is 0 Å². The first-order valence-electron chi connectivity index (χ1n) is 6.44. The van der Waals surface area contributed by atoms with E-state index in [1.807, 2.05) is 6.92 Å². The first-order chi connectivity index (χ1) is 9.60. The molecule has 0 aromatic heterocycles. The highest BCUT2D eigenvalue weighted by molar-refractivity contribution is 5.78. The molecule has 0 heterocycles. The van der Waals surface area contributed by atoms with Crippen LogP contribution in [-0.2, 0) is 17.5 Å². The monoisotopic (exact) mass is 307 g/mol. The van der Waals surface area contributed by atoms with Gasteiger partial charge in [-0.05, 0) is 31.0 Å². The molecule has 118 valence electrons. The van der Waals surface area contributed by atoms with Gasteiger partial charge >= 0.3 is 12.1 Å². The Hall–Kier alpha value is -1.63. The van der Waals surface area contributed by atoms with Crippen molar-refractivity contribution in [3.05, 3.63) is 35.1 Å². The van der Waals surface area contributed by atoms with Crippen LogP contribution in [0, 0.1) is 5.82 Å². The van der Waals surface area contributed by atoms with Crippen LogP contribution in [0.2, 0.25) is 0 Å². The molecule has 2 N–H and O–H groups in total. The second-order valence-corrected chi connectivity index (χ2v) is 5.05. The molecule has 1 unspecified atom stereocenters. The van der Waals surface area contributed by atoms with Crippen LogP contribution in [0.3, 0.4) is 0 Å². The van der Waals surface area contributed by atoms with Gasteiger partial charge in [0.1, 0.15) is 11.4 Å². The van der Waals surface area contributed by atoms with Crippen molar-refractivity contribution < 1.29 is 27.5 Å². The molecule has 7 heteroatoms. The largest absolute Gasteiger partial charge is 0.480 e. The van der Waals surface area contributed by atoms with E-state index in [4.69, 9.17) is 5.11 Å². The minimum Gasteiger partial charge on any atom is -0.480 e. The van der Waals surface area contributed by atoms with Crippen molar-refractivity contribution in [1.82, 2.24) is 5.32 Å². The fourth-order valence-corrected chi connectivity index (χ4v) is 1.97. The second kappa shape index (κ2) is 6.43. The van der Waals surface area contributed by atoms with E-state index in [2.05, 4.69) is 5.32 Å². The van der Waals surface area contributed by atoms with Gasteiger partial charge in [-0.2, -0.15) is 13.2 Å². The summed E-state index contributed by atoms with van der Waals surface area (Å²) in [7, 11) is 0. The number of benzene rings is 1. The third-order valence-corrected chi connectivity index (χ3v) is 3.24. The summed E-state index contributed by atoms with van der Waals surface area (Å²) in [6.07, 6.45) is -3.84. The quantitative estimate of drug-likeness (QED) is 0.790. The van der Waals surface area contributed by atoms with Crippen LogP contribution in [0.1, 0.15) is 37.8 Å². The number of alkyl halides is 3. The van der Waals surface area contributed by atoms with Crippen molar-refractivity contribution in [2.75, 3.05) is 0 Å². The minimum absolute atomic E-state index is 0.0911. The molecule has 3 nitrogen and oxygen atoms in total. The van der Waals surface area contributed by atoms with Gasteiger partial charge in [0.05, 0.1) is 5.56 Å². The number of aliphatic carboxylic acids is 1. The predicted molar refractivity (Wildman–Crippen MR) is 69.2 cm³/mol. The molecule has 0 bridgehead atoms. The average molecular weight is 307 g/mol. The molecule has 1 aromatic carbocycles. The number of carboxylic acid groups (broad SMARTS) is 1. The minimum atomic E-state index is -4.78. The van der Waals surface area contributed by atoms with E-state index in [0.717, 1.165) is 6.07 Å². The van der Waals surface area contributed by atoms with E-state index in [1.165, 1.54) is 13.0 Å². The number of halogens is 4. The van der Waals surface area contributed by atoms with Crippen LogP contribution in [0.25, 0.3) is 0 Å². The molecule has 1 rings (SSSR count). The number of carbonyl (C=O) groups is 1. The number of hydrogen-bond donors (Lipinski definition) is 2. The van der Waals surface area contributed by atoms with E-state index in [-0.39, 0.29) is 12.1 Å². The topological polar surface area (TPSA) is 49.3 Å². The molecule has 0 saturated carbocycles. The van der Waals surface area contributed by atoms with E-state index in [9.17, 15) is 22.4 Å². The van der Waals surface area contributed by atoms with Crippen LogP contribution in [0.5, 0.6) is 0 Å². The highest BCUT2D eigenvalue weighted by atomic mass is 19.4.